The Labute approximate surface area is 464 Å². The van der Waals surface area contributed by atoms with Gasteiger partial charge in [-0.2, -0.15) is 0 Å². The second kappa shape index (κ2) is 30.5. The van der Waals surface area contributed by atoms with Crippen LogP contribution in [0.4, 0.5) is 4.79 Å². The molecule has 3 aliphatic heterocycles. The van der Waals surface area contributed by atoms with Crippen molar-refractivity contribution in [1.82, 2.24) is 10.2 Å². The number of alkyl carbamates (subject to hydrolysis) is 1. The van der Waals surface area contributed by atoms with E-state index >= 15 is 0 Å². The molecular formula is C56H87N2O20P. The van der Waals surface area contributed by atoms with Gasteiger partial charge in [-0.3, -0.25) is 23.7 Å². The number of Topliss-reactive ketones (excluding diaryl/α,β-unsaturated/α-hetero) is 3. The molecule has 6 N–H and O–H groups in total. The minimum absolute atomic E-state index is 0.000819. The molecule has 22 nitrogen and oxygen atoms in total. The lowest BCUT2D eigenvalue weighted by atomic mass is 9.78. The van der Waals surface area contributed by atoms with E-state index in [2.05, 4.69) is 9.84 Å². The third kappa shape index (κ3) is 19.0. The van der Waals surface area contributed by atoms with Gasteiger partial charge in [0.05, 0.1) is 24.4 Å². The number of amides is 2. The van der Waals surface area contributed by atoms with Crippen LogP contribution in [0.5, 0.6) is 0 Å². The maximum atomic E-state index is 14.6. The van der Waals surface area contributed by atoms with Gasteiger partial charge in [-0.05, 0) is 114 Å². The summed E-state index contributed by atoms with van der Waals surface area (Å²) in [6.07, 6.45) is 5.25. The van der Waals surface area contributed by atoms with Crippen LogP contribution in [0.15, 0.2) is 47.6 Å². The molecule has 4 aliphatic rings. The number of aliphatic carboxylic acids is 1. The van der Waals surface area contributed by atoms with Crippen molar-refractivity contribution < 1.29 is 96.2 Å². The Balaban J connectivity index is 1.66. The van der Waals surface area contributed by atoms with Crippen molar-refractivity contribution in [2.45, 2.75) is 199 Å². The van der Waals surface area contributed by atoms with Crippen molar-refractivity contribution in [2.24, 2.45) is 35.5 Å². The Morgan fingerprint density at radius 3 is 2.20 bits per heavy atom. The van der Waals surface area contributed by atoms with E-state index in [1.807, 2.05) is 44.2 Å². The van der Waals surface area contributed by atoms with Crippen molar-refractivity contribution in [3.63, 3.8) is 0 Å². The molecule has 3 fully saturated rings. The molecule has 3 heterocycles. The molecule has 23 heteroatoms. The van der Waals surface area contributed by atoms with Crippen molar-refractivity contribution in [3.05, 3.63) is 47.6 Å². The Morgan fingerprint density at radius 1 is 0.873 bits per heavy atom. The minimum atomic E-state index is -5.11. The van der Waals surface area contributed by atoms with Crippen molar-refractivity contribution in [3.8, 4) is 0 Å². The van der Waals surface area contributed by atoms with Gasteiger partial charge >= 0.3 is 25.9 Å². The number of fused-ring (bicyclic) bond motifs is 3. The number of phosphoric acid groups is 1. The van der Waals surface area contributed by atoms with Crippen LogP contribution in [0.25, 0.3) is 0 Å². The number of ether oxygens (including phenoxy) is 6. The second-order valence-electron chi connectivity index (χ2n) is 22.2. The summed E-state index contributed by atoms with van der Waals surface area (Å²) in [7, 11) is -0.832. The molecule has 4 rings (SSSR count). The first-order chi connectivity index (χ1) is 37.0. The fourth-order valence-corrected chi connectivity index (χ4v) is 11.7. The number of methoxy groups -OCH3 is 3. The number of carbonyl (C=O) groups excluding carboxylic acids is 6. The third-order valence-electron chi connectivity index (χ3n) is 16.0. The molecule has 0 spiro atoms. The van der Waals surface area contributed by atoms with Gasteiger partial charge in [-0.25, -0.2) is 18.9 Å². The second-order valence-corrected chi connectivity index (χ2v) is 23.4. The standard InChI is InChI=1S/C56H87N2O20P/c1-31-17-13-12-14-18-32(2)44(72-9)29-40-22-20-37(7)56(68,77-40)51(62)52(63)58-24-16-15-19-41(58)54(66)75-45(30-42(59)33(3)26-36(6)49(61)50(74-11)48(60)35(5)25-31)34(4)27-39-21-23-43(46(28-39)73-10)76-55(67)57-47(53(64)65)38(8)78-79(69,70)71/h12-14,17-18,26,31,33-35,37-41,43-47,49-50,61,68H,15-16,19-25,27-30H2,1-11H3,(H,57,67)(H,64,65)(H2,69,70,71)/b14-12+,17-13-,32-18+,36-26+/t31?,33?,34?,35-,37-,38?,39?,40?,41+,43-,44?,45?,46?,47?,49-,50?,56-/m1/s1. The lowest BCUT2D eigenvalue weighted by molar-refractivity contribution is -0.265. The third-order valence-corrected chi connectivity index (χ3v) is 16.6. The number of hydrogen-bond acceptors (Lipinski definition) is 17. The smallest absolute Gasteiger partial charge is 0.469 e. The fourth-order valence-electron chi connectivity index (χ4n) is 11.2. The van der Waals surface area contributed by atoms with Crippen LogP contribution in [-0.4, -0.2) is 166 Å². The number of phosphoric ester groups is 1. The minimum Gasteiger partial charge on any atom is -0.480 e. The number of carbonyl (C=O) groups is 7. The molecule has 79 heavy (non-hydrogen) atoms. The first kappa shape index (κ1) is 67.0. The lowest BCUT2D eigenvalue weighted by Crippen LogP contribution is -2.61. The number of rotatable bonds is 12. The van der Waals surface area contributed by atoms with Gasteiger partial charge < -0.3 is 63.7 Å². The number of ketones is 3. The maximum absolute atomic E-state index is 14.6. The van der Waals surface area contributed by atoms with E-state index in [4.69, 9.17) is 28.4 Å². The van der Waals surface area contributed by atoms with Gasteiger partial charge in [0.15, 0.2) is 11.8 Å². The largest absolute Gasteiger partial charge is 0.480 e. The summed E-state index contributed by atoms with van der Waals surface area (Å²) in [4.78, 5) is 116. The number of carboxylic acid groups (broad SMARTS) is 1. The van der Waals surface area contributed by atoms with E-state index in [-0.39, 0.29) is 55.6 Å². The molecule has 0 aromatic carbocycles. The molecule has 17 atom stereocenters. The quantitative estimate of drug-likeness (QED) is 0.0576. The molecule has 0 radical (unpaired) electrons. The number of nitrogens with zero attached hydrogens (tertiary/aromatic N) is 1. The molecular weight excluding hydrogens is 1050 g/mol. The molecule has 2 saturated heterocycles. The molecule has 2 bridgehead atoms. The SMILES string of the molecule is COC1CC2CC[C@@H](C)[C@@](O)(O2)C(=O)C(=O)N2CCCC[C@H]2C(=O)OC(C(C)CC2CC[C@@H](OC(=O)NC(C(=O)O)C(C)OP(=O)(O)O)C(OC)C2)CC(=O)C(C)/C=C(\C)[C@@H](O)C(OC)C(=O)[C@H](C)CC(C)\C=C/C=C/C=C/1C. The van der Waals surface area contributed by atoms with E-state index in [1.165, 1.54) is 14.2 Å². The molecule has 1 aliphatic carbocycles. The van der Waals surface area contributed by atoms with Gasteiger partial charge in [0.2, 0.25) is 5.79 Å². The molecule has 1 saturated carbocycles. The van der Waals surface area contributed by atoms with Crippen LogP contribution in [0.1, 0.15) is 132 Å². The molecule has 2 amide bonds. The Hall–Kier alpha value is -4.48. The number of esters is 1. The lowest BCUT2D eigenvalue weighted by Gasteiger charge is -2.42. The highest BCUT2D eigenvalue weighted by atomic mass is 31.2. The number of hydrogen-bond donors (Lipinski definition) is 6. The van der Waals surface area contributed by atoms with Gasteiger partial charge in [-0.15, -0.1) is 0 Å². The molecule has 11 unspecified atom stereocenters. The summed E-state index contributed by atoms with van der Waals surface area (Å²) in [6.45, 7) is 13.3. The number of allylic oxidation sites excluding steroid dienone is 6. The number of aliphatic hydroxyl groups excluding tert-OH is 1. The monoisotopic (exact) mass is 1140 g/mol. The predicted octanol–water partition coefficient (Wildman–Crippen LogP) is 5.87. The zero-order valence-corrected chi connectivity index (χ0v) is 48.5. The van der Waals surface area contributed by atoms with Crippen LogP contribution >= 0.6 is 7.82 Å². The Bertz CT molecular complexity index is 2300. The maximum Gasteiger partial charge on any atom is 0.469 e. The highest BCUT2D eigenvalue weighted by Gasteiger charge is 2.53. The number of cyclic esters (lactones) is 1. The predicted molar refractivity (Wildman–Crippen MR) is 287 cm³/mol. The summed E-state index contributed by atoms with van der Waals surface area (Å²) in [5.41, 5.74) is 1.14. The molecule has 0 aromatic rings. The van der Waals surface area contributed by atoms with Crippen LogP contribution in [0.3, 0.4) is 0 Å². The number of piperidine rings is 1. The van der Waals surface area contributed by atoms with Gasteiger partial charge in [0.1, 0.15) is 36.2 Å². The van der Waals surface area contributed by atoms with Crippen molar-refractivity contribution >= 4 is 49.1 Å². The van der Waals surface area contributed by atoms with Crippen LogP contribution in [0, 0.1) is 35.5 Å². The van der Waals surface area contributed by atoms with Crippen LogP contribution in [-0.2, 0) is 66.3 Å². The van der Waals surface area contributed by atoms with Crippen molar-refractivity contribution in [2.75, 3.05) is 27.9 Å². The first-order valence-electron chi connectivity index (χ1n) is 27.5. The van der Waals surface area contributed by atoms with E-state index in [9.17, 15) is 63.2 Å². The highest BCUT2D eigenvalue weighted by molar-refractivity contribution is 7.46. The first-order valence-corrected chi connectivity index (χ1v) is 29.0. The summed E-state index contributed by atoms with van der Waals surface area (Å²) in [5.74, 6) is -10.9. The number of nitrogens with one attached hydrogen (secondary N) is 1. The zero-order chi connectivity index (χ0) is 59.1. The van der Waals surface area contributed by atoms with Crippen molar-refractivity contribution in [1.29, 1.82) is 0 Å². The molecule has 0 aromatic heterocycles. The normalized spacial score (nSPS) is 36.2. The molecule has 446 valence electrons. The fraction of sp³-hybridized carbons (Fsp3) is 0.732. The Kier molecular flexibility index (Phi) is 25.9. The van der Waals surface area contributed by atoms with E-state index in [1.54, 1.807) is 47.8 Å². The summed E-state index contributed by atoms with van der Waals surface area (Å²) < 4.78 is 51.0. The summed E-state index contributed by atoms with van der Waals surface area (Å²) in [6, 6.07) is -3.14. The van der Waals surface area contributed by atoms with E-state index in [0.717, 1.165) is 17.4 Å². The van der Waals surface area contributed by atoms with E-state index < -0.39 is 128 Å². The van der Waals surface area contributed by atoms with E-state index in [0.29, 0.717) is 56.9 Å². The van der Waals surface area contributed by atoms with Crippen LogP contribution < -0.4 is 5.32 Å². The average Bonchev–Trinajstić information content (AvgIpc) is 3.43. The Morgan fingerprint density at radius 2 is 1.57 bits per heavy atom. The average molecular weight is 1140 g/mol. The number of aliphatic hydroxyl groups is 2. The van der Waals surface area contributed by atoms with Crippen LogP contribution in [0.2, 0.25) is 0 Å². The number of carboxylic acids is 1. The summed E-state index contributed by atoms with van der Waals surface area (Å²) in [5, 5.41) is 35.3. The summed E-state index contributed by atoms with van der Waals surface area (Å²) >= 11 is 0. The van der Waals surface area contributed by atoms with Gasteiger partial charge in [-0.1, -0.05) is 71.1 Å². The highest BCUT2D eigenvalue weighted by Crippen LogP contribution is 2.40. The van der Waals surface area contributed by atoms with Gasteiger partial charge in [0.25, 0.3) is 11.7 Å². The zero-order valence-electron chi connectivity index (χ0n) is 47.6. The van der Waals surface area contributed by atoms with Gasteiger partial charge in [0, 0.05) is 58.5 Å². The topological polar surface area (TPSA) is 318 Å².